The Morgan fingerprint density at radius 1 is 1.04 bits per heavy atom. The van der Waals surface area contributed by atoms with Crippen molar-refractivity contribution in [2.45, 2.75) is 13.3 Å². The molecule has 4 nitrogen and oxygen atoms in total. The summed E-state index contributed by atoms with van der Waals surface area (Å²) in [5.41, 5.74) is 2.62. The Hall–Kier alpha value is -2.59. The zero-order valence-corrected chi connectivity index (χ0v) is 13.3. The second-order valence-electron chi connectivity index (χ2n) is 4.96. The largest absolute Gasteiger partial charge is 0.478 e. The highest BCUT2D eigenvalue weighted by Gasteiger charge is 2.17. The monoisotopic (exact) mass is 312 g/mol. The fourth-order valence-corrected chi connectivity index (χ4v) is 2.46. The summed E-state index contributed by atoms with van der Waals surface area (Å²) in [6, 6.07) is 16.6. The lowest BCUT2D eigenvalue weighted by atomic mass is 9.93. The lowest BCUT2D eigenvalue weighted by Crippen LogP contribution is -2.05. The molecule has 0 saturated heterocycles. The SMILES string of the molecule is CCC(=C(C(=O)O)c1cccc(OCOC)c1)c1ccccc1. The molecule has 0 heterocycles. The first-order chi connectivity index (χ1) is 11.2. The summed E-state index contributed by atoms with van der Waals surface area (Å²) in [4.78, 5) is 11.9. The first kappa shape index (κ1) is 16.8. The van der Waals surface area contributed by atoms with Crippen LogP contribution < -0.4 is 4.74 Å². The number of hydrogen-bond acceptors (Lipinski definition) is 3. The van der Waals surface area contributed by atoms with Crippen molar-refractivity contribution in [3.05, 3.63) is 65.7 Å². The van der Waals surface area contributed by atoms with Crippen molar-refractivity contribution in [2.24, 2.45) is 0 Å². The van der Waals surface area contributed by atoms with Crippen LogP contribution in [0.15, 0.2) is 54.6 Å². The predicted molar refractivity (Wildman–Crippen MR) is 90.1 cm³/mol. The highest BCUT2D eigenvalue weighted by molar-refractivity contribution is 6.23. The van der Waals surface area contributed by atoms with Crippen LogP contribution >= 0.6 is 0 Å². The summed E-state index contributed by atoms with van der Waals surface area (Å²) in [5.74, 6) is -0.374. The molecule has 0 saturated carbocycles. The number of hydrogen-bond donors (Lipinski definition) is 1. The van der Waals surface area contributed by atoms with Gasteiger partial charge in [-0.1, -0.05) is 49.4 Å². The van der Waals surface area contributed by atoms with Gasteiger partial charge in [0.05, 0.1) is 5.57 Å². The fourth-order valence-electron chi connectivity index (χ4n) is 2.46. The standard InChI is InChI=1S/C19H20O4/c1-3-17(14-8-5-4-6-9-14)18(19(20)21)15-10-7-11-16(12-15)23-13-22-2/h4-12H,3,13H2,1-2H3,(H,20,21). The number of aliphatic carboxylic acids is 1. The van der Waals surface area contributed by atoms with E-state index >= 15 is 0 Å². The number of carboxylic acids is 1. The van der Waals surface area contributed by atoms with Crippen molar-refractivity contribution in [1.29, 1.82) is 0 Å². The quantitative estimate of drug-likeness (QED) is 0.475. The van der Waals surface area contributed by atoms with E-state index in [0.29, 0.717) is 23.3 Å². The van der Waals surface area contributed by atoms with Crippen LogP contribution in [0.1, 0.15) is 24.5 Å². The number of ether oxygens (including phenoxy) is 2. The van der Waals surface area contributed by atoms with Crippen molar-refractivity contribution in [3.63, 3.8) is 0 Å². The molecule has 0 aromatic heterocycles. The number of carbonyl (C=O) groups is 1. The van der Waals surface area contributed by atoms with Crippen LogP contribution in [0.5, 0.6) is 5.75 Å². The van der Waals surface area contributed by atoms with E-state index in [9.17, 15) is 9.90 Å². The summed E-state index contributed by atoms with van der Waals surface area (Å²) in [7, 11) is 1.54. The van der Waals surface area contributed by atoms with Crippen LogP contribution in [-0.4, -0.2) is 25.0 Å². The minimum absolute atomic E-state index is 0.120. The van der Waals surface area contributed by atoms with Crippen molar-refractivity contribution in [1.82, 2.24) is 0 Å². The van der Waals surface area contributed by atoms with Gasteiger partial charge in [-0.25, -0.2) is 4.79 Å². The maximum atomic E-state index is 11.9. The van der Waals surface area contributed by atoms with Gasteiger partial charge in [0.15, 0.2) is 6.79 Å². The lowest BCUT2D eigenvalue weighted by molar-refractivity contribution is -0.130. The minimum Gasteiger partial charge on any atom is -0.478 e. The Morgan fingerprint density at radius 2 is 1.74 bits per heavy atom. The third kappa shape index (κ3) is 4.20. The zero-order chi connectivity index (χ0) is 16.7. The first-order valence-corrected chi connectivity index (χ1v) is 7.41. The predicted octanol–water partition coefficient (Wildman–Crippen LogP) is 4.07. The maximum Gasteiger partial charge on any atom is 0.336 e. The molecule has 0 aliphatic carbocycles. The van der Waals surface area contributed by atoms with Crippen LogP contribution in [0, 0.1) is 0 Å². The molecule has 4 heteroatoms. The third-order valence-corrected chi connectivity index (χ3v) is 3.46. The summed E-state index contributed by atoms with van der Waals surface area (Å²) in [5, 5.41) is 9.73. The topological polar surface area (TPSA) is 55.8 Å². The molecule has 0 fully saturated rings. The first-order valence-electron chi connectivity index (χ1n) is 7.41. The van der Waals surface area contributed by atoms with E-state index in [1.807, 2.05) is 37.3 Å². The molecule has 2 rings (SSSR count). The average Bonchev–Trinajstić information content (AvgIpc) is 2.58. The Balaban J connectivity index is 2.53. The maximum absolute atomic E-state index is 11.9. The van der Waals surface area contributed by atoms with E-state index in [0.717, 1.165) is 11.1 Å². The van der Waals surface area contributed by atoms with Gasteiger partial charge in [-0.2, -0.15) is 0 Å². The van der Waals surface area contributed by atoms with Crippen molar-refractivity contribution in [3.8, 4) is 5.75 Å². The van der Waals surface area contributed by atoms with E-state index in [2.05, 4.69) is 0 Å². The van der Waals surface area contributed by atoms with Gasteiger partial charge >= 0.3 is 5.97 Å². The van der Waals surface area contributed by atoms with Gasteiger partial charge in [0.25, 0.3) is 0 Å². The number of methoxy groups -OCH3 is 1. The number of carboxylic acid groups (broad SMARTS) is 1. The highest BCUT2D eigenvalue weighted by atomic mass is 16.7. The van der Waals surface area contributed by atoms with Gasteiger partial charge in [-0.05, 0) is 35.3 Å². The van der Waals surface area contributed by atoms with Crippen LogP contribution in [0.3, 0.4) is 0 Å². The highest BCUT2D eigenvalue weighted by Crippen LogP contribution is 2.30. The van der Waals surface area contributed by atoms with E-state index in [4.69, 9.17) is 9.47 Å². The smallest absolute Gasteiger partial charge is 0.336 e. The van der Waals surface area contributed by atoms with Crippen LogP contribution in [-0.2, 0) is 9.53 Å². The molecule has 23 heavy (non-hydrogen) atoms. The van der Waals surface area contributed by atoms with E-state index in [1.165, 1.54) is 7.11 Å². The second-order valence-corrected chi connectivity index (χ2v) is 4.96. The Kier molecular flexibility index (Phi) is 5.94. The Bertz CT molecular complexity index is 690. The second kappa shape index (κ2) is 8.15. The third-order valence-electron chi connectivity index (χ3n) is 3.46. The summed E-state index contributed by atoms with van der Waals surface area (Å²) < 4.78 is 10.3. The van der Waals surface area contributed by atoms with Crippen LogP contribution in [0.2, 0.25) is 0 Å². The molecule has 0 amide bonds. The van der Waals surface area contributed by atoms with Gasteiger partial charge in [-0.15, -0.1) is 0 Å². The Morgan fingerprint density at radius 3 is 2.35 bits per heavy atom. The van der Waals surface area contributed by atoms with Crippen molar-refractivity contribution >= 4 is 17.1 Å². The number of rotatable bonds is 7. The number of allylic oxidation sites excluding steroid dienone is 1. The van der Waals surface area contributed by atoms with Gasteiger partial charge in [-0.3, -0.25) is 0 Å². The summed E-state index contributed by atoms with van der Waals surface area (Å²) in [6.45, 7) is 2.07. The molecule has 120 valence electrons. The van der Waals surface area contributed by atoms with E-state index in [1.54, 1.807) is 24.3 Å². The zero-order valence-electron chi connectivity index (χ0n) is 13.3. The minimum atomic E-state index is -0.949. The van der Waals surface area contributed by atoms with Crippen molar-refractivity contribution in [2.75, 3.05) is 13.9 Å². The molecule has 0 bridgehead atoms. The normalized spacial score (nSPS) is 11.7. The van der Waals surface area contributed by atoms with E-state index in [-0.39, 0.29) is 6.79 Å². The molecular formula is C19H20O4. The molecular weight excluding hydrogens is 292 g/mol. The molecule has 0 aliphatic heterocycles. The molecule has 0 unspecified atom stereocenters. The molecule has 0 spiro atoms. The van der Waals surface area contributed by atoms with Crippen molar-refractivity contribution < 1.29 is 19.4 Å². The van der Waals surface area contributed by atoms with Gasteiger partial charge < -0.3 is 14.6 Å². The van der Waals surface area contributed by atoms with E-state index < -0.39 is 5.97 Å². The van der Waals surface area contributed by atoms with Gasteiger partial charge in [0, 0.05) is 7.11 Å². The molecule has 2 aromatic carbocycles. The average molecular weight is 312 g/mol. The summed E-state index contributed by atoms with van der Waals surface area (Å²) in [6.07, 6.45) is 0.620. The molecule has 1 N–H and O–H groups in total. The molecule has 0 atom stereocenters. The van der Waals surface area contributed by atoms with Crippen LogP contribution in [0.4, 0.5) is 0 Å². The molecule has 0 aliphatic rings. The fraction of sp³-hybridized carbons (Fsp3) is 0.211. The lowest BCUT2D eigenvalue weighted by Gasteiger charge is -2.13. The molecule has 0 radical (unpaired) electrons. The Labute approximate surface area is 136 Å². The van der Waals surface area contributed by atoms with Gasteiger partial charge in [0.1, 0.15) is 5.75 Å². The molecule has 2 aromatic rings. The van der Waals surface area contributed by atoms with Crippen LogP contribution in [0.25, 0.3) is 11.1 Å². The number of benzene rings is 2. The van der Waals surface area contributed by atoms with Gasteiger partial charge in [0.2, 0.25) is 0 Å². The summed E-state index contributed by atoms with van der Waals surface area (Å²) >= 11 is 0.